The number of aliphatic hydroxyl groups excluding tert-OH is 6. The van der Waals surface area contributed by atoms with Crippen LogP contribution in [0, 0.1) is 17.5 Å². The number of nitrogens with zero attached hydrogens (tertiary/aromatic N) is 18. The second-order valence-electron chi connectivity index (χ2n) is 22.7. The van der Waals surface area contributed by atoms with E-state index in [2.05, 4.69) is 61.2 Å². The summed E-state index contributed by atoms with van der Waals surface area (Å²) in [6.45, 7) is -3.47. The van der Waals surface area contributed by atoms with E-state index in [9.17, 15) is 35.5 Å². The molecule has 9 aromatic rings. The lowest BCUT2D eigenvalue weighted by Crippen LogP contribution is -2.31. The van der Waals surface area contributed by atoms with Crippen LogP contribution in [0.2, 0.25) is 0 Å². The molecule has 3 fully saturated rings. The maximum Gasteiger partial charge on any atom is 0.572 e. The van der Waals surface area contributed by atoms with Gasteiger partial charge in [-0.3, -0.25) is 15.0 Å². The Hall–Kier alpha value is -8.70. The van der Waals surface area contributed by atoms with Gasteiger partial charge in [0.05, 0.1) is 80.4 Å². The summed E-state index contributed by atoms with van der Waals surface area (Å²) >= 11 is 0. The molecule has 0 spiro atoms. The van der Waals surface area contributed by atoms with Crippen LogP contribution in [0.5, 0.6) is 0 Å². The van der Waals surface area contributed by atoms with Crippen LogP contribution < -0.4 is 14.7 Å². The molecule has 3 saturated heterocycles. The first-order chi connectivity index (χ1) is 47.3. The van der Waals surface area contributed by atoms with Gasteiger partial charge in [0.25, 0.3) is 0 Å². The molecule has 38 heteroatoms. The number of anilines is 3. The fraction of sp³-hybridized carbons (Fsp3) is 0.400. The molecule has 98 heavy (non-hydrogen) atoms. The van der Waals surface area contributed by atoms with Gasteiger partial charge in [-0.25, -0.2) is 13.2 Å². The highest BCUT2D eigenvalue weighted by Crippen LogP contribution is 2.58. The number of aliphatic hydroxyl groups is 6. The molecule has 3 unspecified atom stereocenters. The predicted molar refractivity (Wildman–Crippen MR) is 334 cm³/mol. The smallest absolute Gasteiger partial charge is 0.388 e. The van der Waals surface area contributed by atoms with Gasteiger partial charge in [0.15, 0.2) is 0 Å². The summed E-state index contributed by atoms with van der Waals surface area (Å²) in [6.07, 6.45) is -6.55. The summed E-state index contributed by atoms with van der Waals surface area (Å²) in [6, 6.07) is 23.1. The maximum absolute atomic E-state index is 15.6. The number of benzene rings is 3. The molecule has 3 aliphatic rings. The number of hydrogen-bond acceptors (Lipinski definition) is 31. The molecule has 0 saturated carbocycles. The molecule has 0 radical (unpaired) electrons. The highest BCUT2D eigenvalue weighted by molar-refractivity contribution is 7.55. The van der Waals surface area contributed by atoms with Crippen LogP contribution in [0.4, 0.5) is 30.2 Å². The van der Waals surface area contributed by atoms with Crippen molar-refractivity contribution in [1.29, 1.82) is 0 Å². The van der Waals surface area contributed by atoms with Crippen molar-refractivity contribution in [2.45, 2.75) is 55.9 Å². The number of aryl methyl sites for hydroxylation is 3. The van der Waals surface area contributed by atoms with Crippen LogP contribution in [0.15, 0.2) is 110 Å². The van der Waals surface area contributed by atoms with Crippen molar-refractivity contribution < 1.29 is 90.7 Å². The number of ether oxygens (including phenoxy) is 6. The average molecular weight is 1380 g/mol. The van der Waals surface area contributed by atoms with Gasteiger partial charge in [-0.15, -0.1) is 30.6 Å². The molecular weight excluding hydrogens is 1320 g/mol. The molecule has 0 aliphatic carbocycles. The molecule has 3 aliphatic heterocycles. The molecular formula is C60H67F3N18O16P+. The van der Waals surface area contributed by atoms with Crippen LogP contribution in [-0.2, 0) is 63.1 Å². The summed E-state index contributed by atoms with van der Waals surface area (Å²) in [4.78, 5) is 32.8. The minimum atomic E-state index is -4.53. The Morgan fingerprint density at radius 1 is 0.449 bits per heavy atom. The van der Waals surface area contributed by atoms with Crippen molar-refractivity contribution in [3.8, 4) is 67.9 Å². The molecule has 9 heterocycles. The third-order valence-electron chi connectivity index (χ3n) is 15.4. The second-order valence-corrected chi connectivity index (χ2v) is 24.4. The zero-order valence-corrected chi connectivity index (χ0v) is 53.4. The van der Waals surface area contributed by atoms with Crippen molar-refractivity contribution in [2.24, 2.45) is 21.1 Å². The van der Waals surface area contributed by atoms with Gasteiger partial charge >= 0.3 is 8.17 Å². The molecule has 9 atom stereocenters. The Balaban J connectivity index is 0.610. The monoisotopic (exact) mass is 1380 g/mol. The van der Waals surface area contributed by atoms with E-state index in [-0.39, 0.29) is 56.1 Å². The van der Waals surface area contributed by atoms with Gasteiger partial charge in [-0.05, 0) is 88.4 Å². The Bertz CT molecular complexity index is 3710. The SMILES string of the molecule is Cn1nnc(-c2ccc(-c3ccc(N4C[C@H](COCC(O)CO[P+](O)(OCC(O)COC[C@H]5CN(c6ccc(-c7ccc(-c8nnn(C)n8)nc7)c(F)c6)[C@H](O)O5)OCC(O)COC[C@H]5CN(c6ccc(-c7ccc(-c8nnn(C)n8)nc7)c(F)c6)[C@H](O)O5)O[C@H]4O)cc3F)cn2)n1. The van der Waals surface area contributed by atoms with Crippen LogP contribution in [0.25, 0.3) is 67.9 Å². The molecule has 518 valence electrons. The Kier molecular flexibility index (Phi) is 21.9. The van der Waals surface area contributed by atoms with Gasteiger partial charge in [-0.2, -0.15) is 32.9 Å². The Labute approximate surface area is 555 Å². The van der Waals surface area contributed by atoms with Crippen molar-refractivity contribution >= 4 is 25.2 Å². The highest BCUT2D eigenvalue weighted by atomic mass is 31.2. The van der Waals surface area contributed by atoms with E-state index < -0.39 is 121 Å². The van der Waals surface area contributed by atoms with E-state index in [0.717, 1.165) is 0 Å². The normalized spacial score (nSPS) is 20.4. The average Bonchev–Trinajstić information content (AvgIpc) is 1.52. The molecule has 7 N–H and O–H groups in total. The van der Waals surface area contributed by atoms with Crippen molar-refractivity contribution in [1.82, 2.24) is 75.6 Å². The van der Waals surface area contributed by atoms with E-state index in [1.807, 2.05) is 0 Å². The number of hydrogen-bond donors (Lipinski definition) is 7. The molecule has 12 rings (SSSR count). The number of rotatable bonds is 30. The topological polar surface area (TPSA) is 404 Å². The van der Waals surface area contributed by atoms with Gasteiger partial charge in [0.1, 0.15) is 91.0 Å². The van der Waals surface area contributed by atoms with Crippen LogP contribution in [0.1, 0.15) is 0 Å². The van der Waals surface area contributed by atoms with Crippen molar-refractivity contribution in [2.75, 3.05) is 93.8 Å². The predicted octanol–water partition coefficient (Wildman–Crippen LogP) is 1.56. The van der Waals surface area contributed by atoms with Crippen LogP contribution in [-0.4, -0.2) is 246 Å². The first kappa shape index (κ1) is 69.2. The lowest BCUT2D eigenvalue weighted by Gasteiger charge is -2.21. The number of halogens is 3. The zero-order chi connectivity index (χ0) is 68.6. The largest absolute Gasteiger partial charge is 0.572 e. The van der Waals surface area contributed by atoms with E-state index in [4.69, 9.17) is 42.0 Å². The summed E-state index contributed by atoms with van der Waals surface area (Å²) < 4.78 is 97.5. The van der Waals surface area contributed by atoms with Crippen molar-refractivity contribution in [3.63, 3.8) is 0 Å². The van der Waals surface area contributed by atoms with E-state index in [1.165, 1.54) is 65.9 Å². The standard InChI is InChI=1S/C60H67F3N18O16P/c1-76-70-55(67-73-76)52-13-4-34(19-64-52)46-10-7-37(16-49(46)61)79-22-43(95-58(79)85)31-89-25-40(82)28-92-98(88,93-29-41(83)26-90-32-44-23-80(59(86)96-44)38-8-11-47(50(62)17-38)35-5-14-53(65-20-35)56-68-74-77(2)71-56)94-30-42(84)27-91-33-45-24-81(60(87)97-45)39-9-12-48(51(63)18-39)36-6-15-54(66-21-36)57-69-75-78(3)72-57/h4-21,40-45,58-60,82-88H,22-33H2,1-3H3/q+1/t40?,41?,42?,43-,44-,45-,58-,59-,60-,98?/m1/s1. The number of pyridine rings is 3. The third kappa shape index (κ3) is 17.0. The lowest BCUT2D eigenvalue weighted by molar-refractivity contribution is -0.114. The van der Waals surface area contributed by atoms with E-state index in [0.29, 0.717) is 68.3 Å². The van der Waals surface area contributed by atoms with Gasteiger partial charge in [0.2, 0.25) is 36.7 Å². The minimum Gasteiger partial charge on any atom is -0.388 e. The summed E-state index contributed by atoms with van der Waals surface area (Å²) in [5.41, 5.74) is 4.49. The van der Waals surface area contributed by atoms with Crippen LogP contribution in [0.3, 0.4) is 0 Å². The molecule has 34 nitrogen and oxygen atoms in total. The maximum atomic E-state index is 15.6. The third-order valence-corrected chi connectivity index (χ3v) is 16.8. The molecule has 6 aromatic heterocycles. The van der Waals surface area contributed by atoms with E-state index in [1.54, 1.807) is 93.9 Å². The summed E-state index contributed by atoms with van der Waals surface area (Å²) in [7, 11) is 0.330. The minimum absolute atomic E-state index is 0.0646. The second kappa shape index (κ2) is 31.0. The summed E-state index contributed by atoms with van der Waals surface area (Å²) in [5.74, 6) is -0.847. The quantitative estimate of drug-likeness (QED) is 0.0314. The Morgan fingerprint density at radius 2 is 0.745 bits per heavy atom. The Morgan fingerprint density at radius 3 is 0.990 bits per heavy atom. The lowest BCUT2D eigenvalue weighted by atomic mass is 10.1. The molecule has 3 aromatic carbocycles. The first-order valence-electron chi connectivity index (χ1n) is 30.4. The van der Waals surface area contributed by atoms with Crippen molar-refractivity contribution in [3.05, 3.63) is 127 Å². The van der Waals surface area contributed by atoms with E-state index >= 15 is 13.2 Å². The zero-order valence-electron chi connectivity index (χ0n) is 52.5. The fourth-order valence-corrected chi connectivity index (χ4v) is 11.8. The molecule has 0 bridgehead atoms. The highest BCUT2D eigenvalue weighted by Gasteiger charge is 2.47. The molecule has 0 amide bonds. The number of tetrazole rings is 3. The summed E-state index contributed by atoms with van der Waals surface area (Å²) in [5, 5.41) is 101. The first-order valence-corrected chi connectivity index (χ1v) is 31.9. The van der Waals surface area contributed by atoms with Gasteiger partial charge in [-0.1, -0.05) is 18.2 Å². The number of aromatic nitrogens is 15. The van der Waals surface area contributed by atoms with Crippen LogP contribution >= 0.6 is 8.17 Å². The van der Waals surface area contributed by atoms with Gasteiger partial charge in [0, 0.05) is 69.0 Å². The van der Waals surface area contributed by atoms with Gasteiger partial charge < -0.3 is 73.8 Å². The fourth-order valence-electron chi connectivity index (χ4n) is 10.5.